The summed E-state index contributed by atoms with van der Waals surface area (Å²) >= 11 is 6.40. The molecule has 0 bridgehead atoms. The van der Waals surface area contributed by atoms with Gasteiger partial charge in [-0.15, -0.1) is 10.2 Å². The molecule has 3 aromatic rings. The quantitative estimate of drug-likeness (QED) is 0.531. The Morgan fingerprint density at radius 3 is 2.53 bits per heavy atom. The molecule has 1 aliphatic heterocycles. The molecule has 0 N–H and O–H groups in total. The predicted octanol–water partition coefficient (Wildman–Crippen LogP) is 5.13. The van der Waals surface area contributed by atoms with Crippen LogP contribution in [0.3, 0.4) is 0 Å². The summed E-state index contributed by atoms with van der Waals surface area (Å²) in [7, 11) is 1.96. The number of alkyl halides is 3. The molecule has 5 rings (SSSR count). The van der Waals surface area contributed by atoms with E-state index in [1.807, 2.05) is 7.05 Å². The number of fused-ring (bicyclic) bond motifs is 3. The highest BCUT2D eigenvalue weighted by Gasteiger charge is 2.38. The highest BCUT2D eigenvalue weighted by Crippen LogP contribution is 2.39. The monoisotopic (exact) mass is 459 g/mol. The van der Waals surface area contributed by atoms with Gasteiger partial charge in [0.1, 0.15) is 6.54 Å². The molecule has 9 heteroatoms. The molecule has 0 amide bonds. The van der Waals surface area contributed by atoms with Gasteiger partial charge in [0.2, 0.25) is 0 Å². The smallest absolute Gasteiger partial charge is 0.299 e. The van der Waals surface area contributed by atoms with Gasteiger partial charge >= 0.3 is 6.18 Å². The van der Waals surface area contributed by atoms with Gasteiger partial charge in [-0.25, -0.2) is 0 Å². The van der Waals surface area contributed by atoms with Crippen molar-refractivity contribution in [1.82, 2.24) is 19.7 Å². The standard InChI is InChI=1S/C23H21ClF3N5/c1-31(12-14-9-10-14)13-20-30-29-19-11-28-21(15-5-2-3-8-18(15)24)16-6-4-7-17(23(25,26)27)22(16)32(19)20/h2-8,14H,9-13H2,1H3. The number of hydrogen-bond donors (Lipinski definition) is 0. The number of aliphatic imine (C=N–C) groups is 1. The number of halogens is 4. The number of benzene rings is 2. The number of para-hydroxylation sites is 1. The Morgan fingerprint density at radius 2 is 1.81 bits per heavy atom. The molecule has 0 radical (unpaired) electrons. The minimum atomic E-state index is -4.56. The summed E-state index contributed by atoms with van der Waals surface area (Å²) in [5.74, 6) is 1.50. The molecule has 2 heterocycles. The highest BCUT2D eigenvalue weighted by molar-refractivity contribution is 6.35. The second-order valence-electron chi connectivity index (χ2n) is 8.35. The van der Waals surface area contributed by atoms with Crippen molar-refractivity contribution in [1.29, 1.82) is 0 Å². The number of aromatic nitrogens is 3. The molecule has 0 unspecified atom stereocenters. The first-order valence-electron chi connectivity index (χ1n) is 10.4. The molecule has 2 aromatic carbocycles. The Kier molecular flexibility index (Phi) is 5.29. The second-order valence-corrected chi connectivity index (χ2v) is 8.76. The van der Waals surface area contributed by atoms with Crippen molar-refractivity contribution in [2.24, 2.45) is 10.9 Å². The molecule has 32 heavy (non-hydrogen) atoms. The minimum Gasteiger partial charge on any atom is -0.299 e. The van der Waals surface area contributed by atoms with Gasteiger partial charge in [0.05, 0.1) is 23.5 Å². The van der Waals surface area contributed by atoms with Crippen LogP contribution in [0.25, 0.3) is 5.69 Å². The van der Waals surface area contributed by atoms with Crippen molar-refractivity contribution in [3.05, 3.63) is 75.8 Å². The predicted molar refractivity (Wildman–Crippen MR) is 116 cm³/mol. The maximum Gasteiger partial charge on any atom is 0.418 e. The lowest BCUT2D eigenvalue weighted by Crippen LogP contribution is -2.24. The van der Waals surface area contributed by atoms with E-state index < -0.39 is 11.7 Å². The average Bonchev–Trinajstić information content (AvgIpc) is 3.50. The fourth-order valence-electron chi connectivity index (χ4n) is 4.19. The third-order valence-corrected chi connectivity index (χ3v) is 6.13. The van der Waals surface area contributed by atoms with E-state index in [0.29, 0.717) is 46.0 Å². The largest absolute Gasteiger partial charge is 0.418 e. The molecular formula is C23H21ClF3N5. The van der Waals surface area contributed by atoms with E-state index in [1.54, 1.807) is 30.3 Å². The van der Waals surface area contributed by atoms with Gasteiger partial charge in [0, 0.05) is 22.7 Å². The van der Waals surface area contributed by atoms with Gasteiger partial charge in [-0.2, -0.15) is 13.2 Å². The van der Waals surface area contributed by atoms with E-state index >= 15 is 0 Å². The van der Waals surface area contributed by atoms with E-state index in [1.165, 1.54) is 23.5 Å². The molecule has 0 atom stereocenters. The van der Waals surface area contributed by atoms with Crippen LogP contribution in [0.1, 0.15) is 41.2 Å². The van der Waals surface area contributed by atoms with Crippen molar-refractivity contribution in [3.8, 4) is 5.69 Å². The lowest BCUT2D eigenvalue weighted by Gasteiger charge is -2.21. The number of nitrogens with zero attached hydrogens (tertiary/aromatic N) is 5. The zero-order valence-electron chi connectivity index (χ0n) is 17.4. The maximum absolute atomic E-state index is 14.2. The van der Waals surface area contributed by atoms with Gasteiger partial charge in [-0.3, -0.25) is 14.5 Å². The zero-order chi connectivity index (χ0) is 22.5. The van der Waals surface area contributed by atoms with E-state index in [9.17, 15) is 13.2 Å². The molecule has 1 aliphatic carbocycles. The summed E-state index contributed by atoms with van der Waals surface area (Å²) in [6.07, 6.45) is -2.17. The Bertz CT molecular complexity index is 1200. The van der Waals surface area contributed by atoms with Gasteiger partial charge in [0.25, 0.3) is 0 Å². The maximum atomic E-state index is 14.2. The summed E-state index contributed by atoms with van der Waals surface area (Å²) in [6, 6.07) is 11.2. The third-order valence-electron chi connectivity index (χ3n) is 5.80. The van der Waals surface area contributed by atoms with Crippen molar-refractivity contribution < 1.29 is 13.2 Å². The van der Waals surface area contributed by atoms with Crippen LogP contribution < -0.4 is 0 Å². The first kappa shape index (κ1) is 21.2. The molecular weight excluding hydrogens is 439 g/mol. The minimum absolute atomic E-state index is 0.00555. The van der Waals surface area contributed by atoms with Crippen LogP contribution in [0.4, 0.5) is 13.2 Å². The van der Waals surface area contributed by atoms with E-state index in [-0.39, 0.29) is 12.2 Å². The van der Waals surface area contributed by atoms with Crippen molar-refractivity contribution in [2.45, 2.75) is 32.1 Å². The number of rotatable bonds is 5. The van der Waals surface area contributed by atoms with E-state index in [4.69, 9.17) is 11.6 Å². The van der Waals surface area contributed by atoms with Crippen LogP contribution in [0.15, 0.2) is 47.5 Å². The average molecular weight is 460 g/mol. The first-order chi connectivity index (χ1) is 15.3. The van der Waals surface area contributed by atoms with Crippen molar-refractivity contribution in [2.75, 3.05) is 13.6 Å². The molecule has 166 valence electrons. The van der Waals surface area contributed by atoms with Gasteiger partial charge in [-0.05, 0) is 37.9 Å². The van der Waals surface area contributed by atoms with Gasteiger partial charge in [0.15, 0.2) is 11.6 Å². The molecule has 1 saturated carbocycles. The van der Waals surface area contributed by atoms with Crippen LogP contribution in [-0.2, 0) is 19.3 Å². The Labute approximate surface area is 188 Å². The highest BCUT2D eigenvalue weighted by atomic mass is 35.5. The molecule has 2 aliphatic rings. The summed E-state index contributed by atoms with van der Waals surface area (Å²) in [6.45, 7) is 1.39. The van der Waals surface area contributed by atoms with Gasteiger partial charge < -0.3 is 0 Å². The summed E-state index contributed by atoms with van der Waals surface area (Å²) in [4.78, 5) is 6.73. The van der Waals surface area contributed by atoms with Crippen LogP contribution in [-0.4, -0.2) is 39.0 Å². The molecule has 0 saturated heterocycles. The molecule has 5 nitrogen and oxygen atoms in total. The van der Waals surface area contributed by atoms with Crippen LogP contribution >= 0.6 is 11.6 Å². The lowest BCUT2D eigenvalue weighted by atomic mass is 9.97. The Hall–Kier alpha value is -2.71. The zero-order valence-corrected chi connectivity index (χ0v) is 18.2. The second kappa shape index (κ2) is 8.01. The summed E-state index contributed by atoms with van der Waals surface area (Å²) in [5.41, 5.74) is 0.618. The van der Waals surface area contributed by atoms with E-state index in [2.05, 4.69) is 20.1 Å². The van der Waals surface area contributed by atoms with Crippen LogP contribution in [0.5, 0.6) is 0 Å². The van der Waals surface area contributed by atoms with Crippen LogP contribution in [0, 0.1) is 5.92 Å². The Morgan fingerprint density at radius 1 is 1.06 bits per heavy atom. The lowest BCUT2D eigenvalue weighted by molar-refractivity contribution is -0.137. The van der Waals surface area contributed by atoms with Crippen molar-refractivity contribution >= 4 is 17.3 Å². The molecule has 1 aromatic heterocycles. The summed E-state index contributed by atoms with van der Waals surface area (Å²) in [5, 5.41) is 8.90. The van der Waals surface area contributed by atoms with Crippen molar-refractivity contribution in [3.63, 3.8) is 0 Å². The number of hydrogen-bond acceptors (Lipinski definition) is 4. The van der Waals surface area contributed by atoms with E-state index in [0.717, 1.165) is 12.6 Å². The Balaban J connectivity index is 1.69. The topological polar surface area (TPSA) is 46.3 Å². The fourth-order valence-corrected chi connectivity index (χ4v) is 4.41. The van der Waals surface area contributed by atoms with Crippen LogP contribution in [0.2, 0.25) is 5.02 Å². The molecule has 0 spiro atoms. The SMILES string of the molecule is CN(Cc1nnc2n1-c1c(cccc1C(F)(F)F)C(c1ccccc1Cl)=NC2)CC1CC1. The summed E-state index contributed by atoms with van der Waals surface area (Å²) < 4.78 is 44.0. The normalized spacial score (nSPS) is 15.9. The molecule has 1 fully saturated rings. The fraction of sp³-hybridized carbons (Fsp3) is 0.348. The third kappa shape index (κ3) is 3.93. The first-order valence-corrected chi connectivity index (χ1v) is 10.8. The van der Waals surface area contributed by atoms with Gasteiger partial charge in [-0.1, -0.05) is 41.9 Å².